The van der Waals surface area contributed by atoms with Crippen LogP contribution < -0.4 is 4.74 Å². The van der Waals surface area contributed by atoms with Crippen LogP contribution in [0.1, 0.15) is 28.1 Å². The summed E-state index contributed by atoms with van der Waals surface area (Å²) in [4.78, 5) is 16.7. The SMILES string of the molecule is Cc1cc(CC(=O)Cc2ccc(Oc3ccnc4cc(CO)c(CO)cc34)cc2Cl)no1. The molecule has 2 N–H and O–H groups in total. The second-order valence-corrected chi connectivity index (χ2v) is 7.85. The van der Waals surface area contributed by atoms with E-state index in [1.165, 1.54) is 0 Å². The monoisotopic (exact) mass is 452 g/mol. The van der Waals surface area contributed by atoms with Crippen LogP contribution in [-0.2, 0) is 30.8 Å². The number of fused-ring (bicyclic) bond motifs is 1. The van der Waals surface area contributed by atoms with Crippen molar-refractivity contribution in [3.8, 4) is 11.5 Å². The number of carbonyl (C=O) groups is 1. The Morgan fingerprint density at radius 1 is 1.03 bits per heavy atom. The van der Waals surface area contributed by atoms with Gasteiger partial charge in [0.1, 0.15) is 23.0 Å². The third-order valence-electron chi connectivity index (χ3n) is 5.06. The van der Waals surface area contributed by atoms with Gasteiger partial charge >= 0.3 is 0 Å². The first kappa shape index (κ1) is 22.0. The summed E-state index contributed by atoms with van der Waals surface area (Å²) in [5.74, 6) is 1.68. The van der Waals surface area contributed by atoms with Gasteiger partial charge in [0, 0.05) is 29.1 Å². The Labute approximate surface area is 189 Å². The van der Waals surface area contributed by atoms with Crippen LogP contribution in [-0.4, -0.2) is 26.1 Å². The molecule has 0 aliphatic carbocycles. The van der Waals surface area contributed by atoms with Crippen molar-refractivity contribution >= 4 is 28.3 Å². The summed E-state index contributed by atoms with van der Waals surface area (Å²) in [5, 5.41) is 24.1. The molecule has 2 heterocycles. The molecule has 4 aromatic rings. The molecule has 8 heteroatoms. The van der Waals surface area contributed by atoms with Crippen LogP contribution in [0.2, 0.25) is 5.02 Å². The van der Waals surface area contributed by atoms with Crippen LogP contribution in [0, 0.1) is 6.92 Å². The highest BCUT2D eigenvalue weighted by Gasteiger charge is 2.13. The fourth-order valence-electron chi connectivity index (χ4n) is 3.48. The number of hydrogen-bond donors (Lipinski definition) is 2. The summed E-state index contributed by atoms with van der Waals surface area (Å²) in [7, 11) is 0. The highest BCUT2D eigenvalue weighted by Crippen LogP contribution is 2.33. The molecule has 0 radical (unpaired) electrons. The van der Waals surface area contributed by atoms with Gasteiger partial charge in [-0.2, -0.15) is 0 Å². The van der Waals surface area contributed by atoms with E-state index in [0.29, 0.717) is 55.6 Å². The van der Waals surface area contributed by atoms with Gasteiger partial charge in [0.05, 0.1) is 30.8 Å². The first-order valence-electron chi connectivity index (χ1n) is 9.99. The maximum Gasteiger partial charge on any atom is 0.143 e. The summed E-state index contributed by atoms with van der Waals surface area (Å²) in [6, 6.07) is 12.1. The molecule has 2 aromatic carbocycles. The van der Waals surface area contributed by atoms with E-state index >= 15 is 0 Å². The number of hydrogen-bond acceptors (Lipinski definition) is 7. The third-order valence-corrected chi connectivity index (χ3v) is 5.41. The van der Waals surface area contributed by atoms with Gasteiger partial charge in [0.25, 0.3) is 0 Å². The van der Waals surface area contributed by atoms with Crippen LogP contribution >= 0.6 is 11.6 Å². The number of benzene rings is 2. The zero-order valence-electron chi connectivity index (χ0n) is 17.3. The lowest BCUT2D eigenvalue weighted by Gasteiger charge is -2.13. The van der Waals surface area contributed by atoms with E-state index in [2.05, 4.69) is 10.1 Å². The van der Waals surface area contributed by atoms with Gasteiger partial charge in [-0.15, -0.1) is 0 Å². The highest BCUT2D eigenvalue weighted by atomic mass is 35.5. The van der Waals surface area contributed by atoms with Crippen molar-refractivity contribution in [3.05, 3.63) is 81.8 Å². The number of ether oxygens (including phenoxy) is 1. The van der Waals surface area contributed by atoms with Crippen molar-refractivity contribution in [2.24, 2.45) is 0 Å². The van der Waals surface area contributed by atoms with Gasteiger partial charge in [-0.25, -0.2) is 0 Å². The molecule has 0 aliphatic heterocycles. The molecule has 32 heavy (non-hydrogen) atoms. The van der Waals surface area contributed by atoms with Gasteiger partial charge in [-0.3, -0.25) is 9.78 Å². The molecule has 0 spiro atoms. The van der Waals surface area contributed by atoms with Crippen molar-refractivity contribution in [2.75, 3.05) is 0 Å². The van der Waals surface area contributed by atoms with E-state index < -0.39 is 0 Å². The Bertz CT molecular complexity index is 1280. The number of aliphatic hydroxyl groups is 2. The van der Waals surface area contributed by atoms with Gasteiger partial charge in [0.2, 0.25) is 0 Å². The first-order chi connectivity index (χ1) is 15.5. The average molecular weight is 453 g/mol. The maximum atomic E-state index is 12.4. The largest absolute Gasteiger partial charge is 0.457 e. The molecule has 0 amide bonds. The Kier molecular flexibility index (Phi) is 6.50. The third kappa shape index (κ3) is 4.80. The number of Topliss-reactive ketones (excluding diaryl/α,β-unsaturated/α-hetero) is 1. The van der Waals surface area contributed by atoms with Crippen LogP contribution in [0.5, 0.6) is 11.5 Å². The normalized spacial score (nSPS) is 11.1. The minimum atomic E-state index is -0.206. The number of aliphatic hydroxyl groups excluding tert-OH is 2. The number of halogens is 1. The highest BCUT2D eigenvalue weighted by molar-refractivity contribution is 6.31. The van der Waals surface area contributed by atoms with E-state index in [1.807, 2.05) is 0 Å². The predicted molar refractivity (Wildman–Crippen MR) is 119 cm³/mol. The number of rotatable bonds is 8. The van der Waals surface area contributed by atoms with Crippen molar-refractivity contribution in [2.45, 2.75) is 33.0 Å². The van der Waals surface area contributed by atoms with Crippen molar-refractivity contribution in [3.63, 3.8) is 0 Å². The summed E-state index contributed by atoms with van der Waals surface area (Å²) >= 11 is 6.41. The lowest BCUT2D eigenvalue weighted by Crippen LogP contribution is -2.07. The molecule has 0 saturated heterocycles. The Hall–Kier alpha value is -3.26. The topological polar surface area (TPSA) is 106 Å². The zero-order chi connectivity index (χ0) is 22.7. The van der Waals surface area contributed by atoms with E-state index in [9.17, 15) is 15.0 Å². The molecule has 0 unspecified atom stereocenters. The number of pyridine rings is 1. The molecule has 0 atom stereocenters. The molecule has 7 nitrogen and oxygen atoms in total. The second-order valence-electron chi connectivity index (χ2n) is 7.44. The van der Waals surface area contributed by atoms with E-state index in [4.69, 9.17) is 20.9 Å². The van der Waals surface area contributed by atoms with Gasteiger partial charge < -0.3 is 19.5 Å². The van der Waals surface area contributed by atoms with E-state index in [0.717, 1.165) is 0 Å². The van der Waals surface area contributed by atoms with Crippen LogP contribution in [0.25, 0.3) is 10.9 Å². The maximum absolute atomic E-state index is 12.4. The molecule has 164 valence electrons. The Morgan fingerprint density at radius 2 is 1.81 bits per heavy atom. The number of carbonyl (C=O) groups excluding carboxylic acids is 1. The second kappa shape index (κ2) is 9.48. The predicted octanol–water partition coefficient (Wildman–Crippen LogP) is 4.32. The Balaban J connectivity index is 1.53. The van der Waals surface area contributed by atoms with Crippen molar-refractivity contribution in [1.29, 1.82) is 0 Å². The number of aromatic nitrogens is 2. The summed E-state index contributed by atoms with van der Waals surface area (Å²) in [5.41, 5.74) is 3.15. The fourth-order valence-corrected chi connectivity index (χ4v) is 3.72. The molecular weight excluding hydrogens is 432 g/mol. The quantitative estimate of drug-likeness (QED) is 0.410. The average Bonchev–Trinajstić information content (AvgIpc) is 3.19. The minimum Gasteiger partial charge on any atom is -0.457 e. The van der Waals surface area contributed by atoms with Crippen LogP contribution in [0.3, 0.4) is 0 Å². The molecule has 2 aromatic heterocycles. The summed E-state index contributed by atoms with van der Waals surface area (Å²) in [6.45, 7) is 1.38. The lowest BCUT2D eigenvalue weighted by molar-refractivity contribution is -0.117. The van der Waals surface area contributed by atoms with E-state index in [1.54, 1.807) is 55.6 Å². The molecule has 0 saturated carbocycles. The van der Waals surface area contributed by atoms with Crippen molar-refractivity contribution in [1.82, 2.24) is 10.1 Å². The number of nitrogens with zero attached hydrogens (tertiary/aromatic N) is 2. The van der Waals surface area contributed by atoms with Gasteiger partial charge in [0.15, 0.2) is 0 Å². The first-order valence-corrected chi connectivity index (χ1v) is 10.4. The van der Waals surface area contributed by atoms with E-state index in [-0.39, 0.29) is 31.8 Å². The molecule has 0 aliphatic rings. The minimum absolute atomic E-state index is 0.0229. The van der Waals surface area contributed by atoms with Gasteiger partial charge in [-0.05, 0) is 53.9 Å². The molecule has 0 bridgehead atoms. The fraction of sp³-hybridized carbons (Fsp3) is 0.208. The van der Waals surface area contributed by atoms with Crippen LogP contribution in [0.15, 0.2) is 53.2 Å². The summed E-state index contributed by atoms with van der Waals surface area (Å²) < 4.78 is 11.0. The van der Waals surface area contributed by atoms with Crippen LogP contribution in [0.4, 0.5) is 0 Å². The van der Waals surface area contributed by atoms with Crippen molar-refractivity contribution < 1.29 is 24.3 Å². The molecule has 0 fully saturated rings. The number of aryl methyl sites for hydroxylation is 1. The Morgan fingerprint density at radius 3 is 2.50 bits per heavy atom. The smallest absolute Gasteiger partial charge is 0.143 e. The molecular formula is C24H21ClN2O5. The summed E-state index contributed by atoms with van der Waals surface area (Å²) in [6.07, 6.45) is 1.96. The number of ketones is 1. The standard InChI is InChI=1S/C24H21ClN2O5/c1-14-6-18(27-32-14)10-19(30)7-15-2-3-20(11-22(15)25)31-24-4-5-26-23-9-17(13-29)16(12-28)8-21(23)24/h2-6,8-9,11,28-29H,7,10,12-13H2,1H3. The zero-order valence-corrected chi connectivity index (χ0v) is 18.1. The van der Waals surface area contributed by atoms with Gasteiger partial charge in [-0.1, -0.05) is 22.8 Å². The molecule has 4 rings (SSSR count). The lowest BCUT2D eigenvalue weighted by atomic mass is 10.0.